The SMILES string of the molecule is COc1ccc(CNc2nc(-c3ccc(Cl)cc3)nn2C(=O)CCc2ccccc2)cc1. The Kier molecular flexibility index (Phi) is 6.82. The van der Waals surface area contributed by atoms with Gasteiger partial charge in [-0.05, 0) is 53.9 Å². The van der Waals surface area contributed by atoms with Crippen LogP contribution >= 0.6 is 11.6 Å². The smallest absolute Gasteiger partial charge is 0.250 e. The topological polar surface area (TPSA) is 69.0 Å². The van der Waals surface area contributed by atoms with Gasteiger partial charge in [0.05, 0.1) is 7.11 Å². The van der Waals surface area contributed by atoms with Gasteiger partial charge in [-0.1, -0.05) is 54.1 Å². The molecule has 162 valence electrons. The molecule has 0 bridgehead atoms. The summed E-state index contributed by atoms with van der Waals surface area (Å²) >= 11 is 6.00. The number of anilines is 1. The number of rotatable bonds is 8. The molecule has 0 aliphatic carbocycles. The van der Waals surface area contributed by atoms with Gasteiger partial charge in [0.1, 0.15) is 5.75 Å². The van der Waals surface area contributed by atoms with E-state index in [2.05, 4.69) is 15.4 Å². The summed E-state index contributed by atoms with van der Waals surface area (Å²) in [6.07, 6.45) is 0.957. The Morgan fingerprint density at radius 2 is 1.69 bits per heavy atom. The molecule has 4 rings (SSSR count). The Hall–Kier alpha value is -3.64. The second-order valence-corrected chi connectivity index (χ2v) is 7.70. The standard InChI is InChI=1S/C25H23ClN4O2/c1-32-22-14-7-19(8-15-22)17-27-25-28-24(20-10-12-21(26)13-11-20)29-30(25)23(31)16-9-18-5-3-2-4-6-18/h2-8,10-15H,9,16-17H2,1H3,(H,27,28,29). The number of halogens is 1. The zero-order chi connectivity index (χ0) is 22.3. The van der Waals surface area contributed by atoms with Crippen molar-refractivity contribution >= 4 is 23.5 Å². The summed E-state index contributed by atoms with van der Waals surface area (Å²) in [4.78, 5) is 17.6. The van der Waals surface area contributed by atoms with Crippen molar-refractivity contribution < 1.29 is 9.53 Å². The number of methoxy groups -OCH3 is 1. The van der Waals surface area contributed by atoms with Crippen LogP contribution in [-0.2, 0) is 13.0 Å². The fourth-order valence-corrected chi connectivity index (χ4v) is 3.37. The maximum Gasteiger partial charge on any atom is 0.250 e. The van der Waals surface area contributed by atoms with Crippen molar-refractivity contribution in [1.29, 1.82) is 0 Å². The van der Waals surface area contributed by atoms with Crippen LogP contribution in [0.25, 0.3) is 11.4 Å². The van der Waals surface area contributed by atoms with Crippen molar-refractivity contribution in [3.8, 4) is 17.1 Å². The lowest BCUT2D eigenvalue weighted by Crippen LogP contribution is -2.17. The molecule has 0 saturated heterocycles. The number of hydrogen-bond acceptors (Lipinski definition) is 5. The molecule has 6 nitrogen and oxygen atoms in total. The lowest BCUT2D eigenvalue weighted by Gasteiger charge is -2.08. The van der Waals surface area contributed by atoms with Crippen LogP contribution in [-0.4, -0.2) is 27.8 Å². The average Bonchev–Trinajstić information content (AvgIpc) is 3.27. The summed E-state index contributed by atoms with van der Waals surface area (Å²) in [6.45, 7) is 0.495. The first-order valence-electron chi connectivity index (χ1n) is 10.3. The van der Waals surface area contributed by atoms with Gasteiger partial charge < -0.3 is 10.1 Å². The third-order valence-electron chi connectivity index (χ3n) is 5.03. The van der Waals surface area contributed by atoms with E-state index in [0.717, 1.165) is 22.4 Å². The number of nitrogens with zero attached hydrogens (tertiary/aromatic N) is 3. The Morgan fingerprint density at radius 3 is 2.38 bits per heavy atom. The maximum atomic E-state index is 13.0. The highest BCUT2D eigenvalue weighted by atomic mass is 35.5. The van der Waals surface area contributed by atoms with Gasteiger partial charge >= 0.3 is 0 Å². The fourth-order valence-electron chi connectivity index (χ4n) is 3.25. The highest BCUT2D eigenvalue weighted by molar-refractivity contribution is 6.30. The van der Waals surface area contributed by atoms with Crippen molar-refractivity contribution in [2.75, 3.05) is 12.4 Å². The molecule has 0 amide bonds. The van der Waals surface area contributed by atoms with E-state index in [1.54, 1.807) is 19.2 Å². The van der Waals surface area contributed by atoms with E-state index in [0.29, 0.717) is 36.2 Å². The normalized spacial score (nSPS) is 10.7. The van der Waals surface area contributed by atoms with E-state index in [1.165, 1.54) is 4.68 Å². The van der Waals surface area contributed by atoms with E-state index in [4.69, 9.17) is 16.3 Å². The van der Waals surface area contributed by atoms with Gasteiger partial charge in [0, 0.05) is 23.6 Å². The molecular formula is C25H23ClN4O2. The van der Waals surface area contributed by atoms with Crippen LogP contribution in [0.2, 0.25) is 5.02 Å². The first kappa shape index (κ1) is 21.6. The van der Waals surface area contributed by atoms with Crippen LogP contribution in [0, 0.1) is 0 Å². The first-order valence-corrected chi connectivity index (χ1v) is 10.7. The lowest BCUT2D eigenvalue weighted by molar-refractivity contribution is 0.0890. The number of ether oxygens (including phenoxy) is 1. The molecule has 0 unspecified atom stereocenters. The Morgan fingerprint density at radius 1 is 0.969 bits per heavy atom. The van der Waals surface area contributed by atoms with Gasteiger partial charge in [0.25, 0.3) is 0 Å². The number of aromatic nitrogens is 3. The molecule has 0 saturated carbocycles. The van der Waals surface area contributed by atoms with Crippen LogP contribution in [0.1, 0.15) is 22.3 Å². The molecule has 0 aliphatic rings. The van der Waals surface area contributed by atoms with Crippen molar-refractivity contribution in [2.45, 2.75) is 19.4 Å². The van der Waals surface area contributed by atoms with Gasteiger partial charge in [-0.15, -0.1) is 5.10 Å². The third-order valence-corrected chi connectivity index (χ3v) is 5.28. The minimum atomic E-state index is -0.126. The molecule has 0 aliphatic heterocycles. The molecule has 32 heavy (non-hydrogen) atoms. The Bertz CT molecular complexity index is 1170. The molecule has 7 heteroatoms. The number of benzene rings is 3. The van der Waals surface area contributed by atoms with Gasteiger partial charge in [-0.3, -0.25) is 4.79 Å². The van der Waals surface area contributed by atoms with E-state index in [9.17, 15) is 4.79 Å². The number of carbonyl (C=O) groups is 1. The summed E-state index contributed by atoms with van der Waals surface area (Å²) in [6, 6.07) is 24.9. The summed E-state index contributed by atoms with van der Waals surface area (Å²) in [5, 5.41) is 8.37. The third kappa shape index (κ3) is 5.34. The summed E-state index contributed by atoms with van der Waals surface area (Å²) in [5.74, 6) is 1.53. The van der Waals surface area contributed by atoms with E-state index >= 15 is 0 Å². The highest BCUT2D eigenvalue weighted by Gasteiger charge is 2.17. The van der Waals surface area contributed by atoms with Crippen molar-refractivity contribution in [2.24, 2.45) is 0 Å². The quantitative estimate of drug-likeness (QED) is 0.387. The van der Waals surface area contributed by atoms with E-state index in [1.807, 2.05) is 66.7 Å². The molecule has 1 N–H and O–H groups in total. The minimum Gasteiger partial charge on any atom is -0.497 e. The second kappa shape index (κ2) is 10.1. The van der Waals surface area contributed by atoms with Gasteiger partial charge in [-0.25, -0.2) is 0 Å². The number of carbonyl (C=O) groups excluding carboxylic acids is 1. The molecule has 0 spiro atoms. The first-order chi connectivity index (χ1) is 15.6. The van der Waals surface area contributed by atoms with Crippen molar-refractivity contribution in [3.63, 3.8) is 0 Å². The Balaban J connectivity index is 1.55. The van der Waals surface area contributed by atoms with Crippen LogP contribution < -0.4 is 10.1 Å². The molecule has 1 heterocycles. The predicted octanol–water partition coefficient (Wildman–Crippen LogP) is 5.49. The van der Waals surface area contributed by atoms with Crippen LogP contribution in [0.3, 0.4) is 0 Å². The summed E-state index contributed by atoms with van der Waals surface area (Å²) in [7, 11) is 1.63. The van der Waals surface area contributed by atoms with Crippen LogP contribution in [0.5, 0.6) is 5.75 Å². The van der Waals surface area contributed by atoms with Crippen LogP contribution in [0.15, 0.2) is 78.9 Å². The molecule has 3 aromatic carbocycles. The molecule has 0 fully saturated rings. The Labute approximate surface area is 191 Å². The average molecular weight is 447 g/mol. The number of hydrogen-bond donors (Lipinski definition) is 1. The zero-order valence-electron chi connectivity index (χ0n) is 17.7. The second-order valence-electron chi connectivity index (χ2n) is 7.26. The fraction of sp³-hybridized carbons (Fsp3) is 0.160. The molecule has 4 aromatic rings. The molecule has 0 radical (unpaired) electrons. The minimum absolute atomic E-state index is 0.126. The van der Waals surface area contributed by atoms with Gasteiger partial charge in [-0.2, -0.15) is 9.67 Å². The largest absolute Gasteiger partial charge is 0.497 e. The molecule has 1 aromatic heterocycles. The van der Waals surface area contributed by atoms with E-state index < -0.39 is 0 Å². The van der Waals surface area contributed by atoms with E-state index in [-0.39, 0.29) is 5.91 Å². The van der Waals surface area contributed by atoms with Crippen molar-refractivity contribution in [1.82, 2.24) is 14.8 Å². The number of aryl methyl sites for hydroxylation is 1. The van der Waals surface area contributed by atoms with Crippen LogP contribution in [0.4, 0.5) is 5.95 Å². The molecule has 0 atom stereocenters. The predicted molar refractivity (Wildman–Crippen MR) is 126 cm³/mol. The maximum absolute atomic E-state index is 13.0. The zero-order valence-corrected chi connectivity index (χ0v) is 18.4. The van der Waals surface area contributed by atoms with Crippen molar-refractivity contribution in [3.05, 3.63) is 95.0 Å². The number of nitrogens with one attached hydrogen (secondary N) is 1. The van der Waals surface area contributed by atoms with Gasteiger partial charge in [0.2, 0.25) is 11.9 Å². The molecular weight excluding hydrogens is 424 g/mol. The van der Waals surface area contributed by atoms with Gasteiger partial charge in [0.15, 0.2) is 5.82 Å². The summed E-state index contributed by atoms with van der Waals surface area (Å²) in [5.41, 5.74) is 2.92. The lowest BCUT2D eigenvalue weighted by atomic mass is 10.1. The highest BCUT2D eigenvalue weighted by Crippen LogP contribution is 2.21. The monoisotopic (exact) mass is 446 g/mol. The summed E-state index contributed by atoms with van der Waals surface area (Å²) < 4.78 is 6.56.